The number of amides is 1. The lowest BCUT2D eigenvalue weighted by Crippen LogP contribution is -2.33. The number of hydrogen-bond donors (Lipinski definition) is 0. The molecule has 0 fully saturated rings. The van der Waals surface area contributed by atoms with Gasteiger partial charge in [-0.25, -0.2) is 8.42 Å². The first-order chi connectivity index (χ1) is 13.3. The molecule has 0 atom stereocenters. The molecule has 0 unspecified atom stereocenters. The van der Waals surface area contributed by atoms with E-state index in [4.69, 9.17) is 23.2 Å². The van der Waals surface area contributed by atoms with E-state index >= 15 is 0 Å². The van der Waals surface area contributed by atoms with E-state index in [1.165, 1.54) is 24.3 Å². The third-order valence-electron chi connectivity index (χ3n) is 4.21. The van der Waals surface area contributed by atoms with Gasteiger partial charge in [-0.3, -0.25) is 9.10 Å². The number of para-hydroxylation sites is 1. The van der Waals surface area contributed by atoms with Gasteiger partial charge in [-0.2, -0.15) is 0 Å². The number of sulfonamides is 1. The van der Waals surface area contributed by atoms with Crippen LogP contribution in [0.5, 0.6) is 0 Å². The van der Waals surface area contributed by atoms with E-state index in [-0.39, 0.29) is 33.0 Å². The first kappa shape index (κ1) is 22.3. The van der Waals surface area contributed by atoms with Gasteiger partial charge in [0.25, 0.3) is 15.9 Å². The number of carbonyl (C=O) groups is 1. The average molecular weight is 441 g/mol. The molecule has 0 saturated heterocycles. The molecule has 150 valence electrons. The topological polar surface area (TPSA) is 57.7 Å². The normalized spacial score (nSPS) is 11.1. The lowest BCUT2D eigenvalue weighted by molar-refractivity contribution is 0.0772. The van der Waals surface area contributed by atoms with E-state index in [1.54, 1.807) is 29.2 Å². The molecule has 5 nitrogen and oxygen atoms in total. The van der Waals surface area contributed by atoms with Crippen LogP contribution >= 0.6 is 23.2 Å². The molecule has 0 spiro atoms. The highest BCUT2D eigenvalue weighted by atomic mass is 35.5. The molecule has 0 N–H and O–H groups in total. The fourth-order valence-electron chi connectivity index (χ4n) is 2.74. The summed E-state index contributed by atoms with van der Waals surface area (Å²) in [6.45, 7) is 8.38. The van der Waals surface area contributed by atoms with Crippen LogP contribution in [0.4, 0.5) is 5.69 Å². The zero-order chi connectivity index (χ0) is 20.9. The molecule has 0 aliphatic rings. The van der Waals surface area contributed by atoms with Gasteiger partial charge in [-0.05, 0) is 44.2 Å². The summed E-state index contributed by atoms with van der Waals surface area (Å²) in [5, 5.41) is 0.302. The van der Waals surface area contributed by atoms with Gasteiger partial charge in [0.15, 0.2) is 0 Å². The Morgan fingerprint density at radius 1 is 1.07 bits per heavy atom. The number of anilines is 1. The molecule has 28 heavy (non-hydrogen) atoms. The maximum atomic E-state index is 13.4. The summed E-state index contributed by atoms with van der Waals surface area (Å²) in [7, 11) is -4.09. The van der Waals surface area contributed by atoms with Gasteiger partial charge >= 0.3 is 0 Å². The van der Waals surface area contributed by atoms with E-state index in [0.717, 1.165) is 4.31 Å². The fourth-order valence-corrected chi connectivity index (χ4v) is 4.99. The third-order valence-corrected chi connectivity index (χ3v) is 6.79. The molecular weight excluding hydrogens is 419 g/mol. The Kier molecular flexibility index (Phi) is 7.52. The maximum absolute atomic E-state index is 13.4. The Bertz CT molecular complexity index is 973. The number of carbonyl (C=O) groups excluding carboxylic acids is 1. The molecule has 0 aliphatic carbocycles. The Hall–Kier alpha value is -2.02. The van der Waals surface area contributed by atoms with Crippen molar-refractivity contribution in [2.45, 2.75) is 18.7 Å². The zero-order valence-electron chi connectivity index (χ0n) is 15.7. The van der Waals surface area contributed by atoms with Crippen molar-refractivity contribution >= 4 is 44.8 Å². The van der Waals surface area contributed by atoms with Gasteiger partial charge in [-0.15, -0.1) is 6.58 Å². The Labute approximate surface area is 176 Å². The SMILES string of the molecule is C=CCN(c1ccccc1Cl)S(=O)(=O)c1cc(C(=O)N(CC)CC)ccc1Cl. The summed E-state index contributed by atoms with van der Waals surface area (Å²) in [5.41, 5.74) is 0.560. The predicted molar refractivity (Wildman–Crippen MR) is 115 cm³/mol. The molecule has 0 aliphatic heterocycles. The van der Waals surface area contributed by atoms with Crippen molar-refractivity contribution < 1.29 is 13.2 Å². The monoisotopic (exact) mass is 440 g/mol. The zero-order valence-corrected chi connectivity index (χ0v) is 18.1. The van der Waals surface area contributed by atoms with E-state index in [1.807, 2.05) is 13.8 Å². The summed E-state index contributed by atoms with van der Waals surface area (Å²) in [6.07, 6.45) is 1.46. The molecule has 2 rings (SSSR count). The van der Waals surface area contributed by atoms with Crippen LogP contribution in [0.2, 0.25) is 10.0 Å². The minimum atomic E-state index is -4.09. The number of rotatable bonds is 8. The molecule has 0 bridgehead atoms. The second-order valence-electron chi connectivity index (χ2n) is 5.90. The van der Waals surface area contributed by atoms with Crippen molar-refractivity contribution in [1.82, 2.24) is 4.90 Å². The van der Waals surface area contributed by atoms with Crippen molar-refractivity contribution in [2.75, 3.05) is 23.9 Å². The Balaban J connectivity index is 2.60. The first-order valence-corrected chi connectivity index (χ1v) is 10.9. The molecular formula is C20H22Cl2N2O3S. The molecule has 1 amide bonds. The van der Waals surface area contributed by atoms with E-state index in [0.29, 0.717) is 18.8 Å². The number of halogens is 2. The van der Waals surface area contributed by atoms with Crippen molar-refractivity contribution in [3.8, 4) is 0 Å². The van der Waals surface area contributed by atoms with Gasteiger partial charge in [0.2, 0.25) is 0 Å². The molecule has 0 heterocycles. The van der Waals surface area contributed by atoms with Crippen LogP contribution in [0.3, 0.4) is 0 Å². The highest BCUT2D eigenvalue weighted by Crippen LogP contribution is 2.33. The van der Waals surface area contributed by atoms with Gasteiger partial charge in [-0.1, -0.05) is 41.4 Å². The minimum Gasteiger partial charge on any atom is -0.339 e. The van der Waals surface area contributed by atoms with E-state index < -0.39 is 10.0 Å². The smallest absolute Gasteiger partial charge is 0.266 e. The van der Waals surface area contributed by atoms with E-state index in [9.17, 15) is 13.2 Å². The number of benzene rings is 2. The molecule has 8 heteroatoms. The Morgan fingerprint density at radius 2 is 1.71 bits per heavy atom. The standard InChI is InChI=1S/C20H22Cl2N2O3S/c1-4-13-24(18-10-8-7-9-16(18)21)28(26,27)19-14-15(11-12-17(19)22)20(25)23(5-2)6-3/h4,7-12,14H,1,5-6,13H2,2-3H3. The average Bonchev–Trinajstić information content (AvgIpc) is 2.67. The highest BCUT2D eigenvalue weighted by Gasteiger charge is 2.29. The molecule has 0 saturated carbocycles. The fraction of sp³-hybridized carbons (Fsp3) is 0.250. The van der Waals surface area contributed by atoms with E-state index in [2.05, 4.69) is 6.58 Å². The maximum Gasteiger partial charge on any atom is 0.266 e. The van der Waals surface area contributed by atoms with Gasteiger partial charge in [0.05, 0.1) is 22.3 Å². The van der Waals surface area contributed by atoms with Crippen LogP contribution in [-0.4, -0.2) is 38.9 Å². The molecule has 2 aromatic rings. The molecule has 0 radical (unpaired) electrons. The van der Waals surface area contributed by atoms with Crippen LogP contribution in [0, 0.1) is 0 Å². The summed E-state index contributed by atoms with van der Waals surface area (Å²) in [5.74, 6) is -0.258. The van der Waals surface area contributed by atoms with Crippen molar-refractivity contribution in [3.05, 3.63) is 70.7 Å². The summed E-state index contributed by atoms with van der Waals surface area (Å²) in [6, 6.07) is 10.9. The van der Waals surface area contributed by atoms with Crippen LogP contribution < -0.4 is 4.31 Å². The van der Waals surface area contributed by atoms with Crippen LogP contribution in [0.1, 0.15) is 24.2 Å². The summed E-state index contributed by atoms with van der Waals surface area (Å²) >= 11 is 12.4. The lowest BCUT2D eigenvalue weighted by atomic mass is 10.2. The van der Waals surface area contributed by atoms with Crippen molar-refractivity contribution in [1.29, 1.82) is 0 Å². The second-order valence-corrected chi connectivity index (χ2v) is 8.54. The van der Waals surface area contributed by atoms with Gasteiger partial charge in [0, 0.05) is 18.7 Å². The van der Waals surface area contributed by atoms with Crippen LogP contribution in [0.15, 0.2) is 60.0 Å². The number of nitrogens with zero attached hydrogens (tertiary/aromatic N) is 2. The second kappa shape index (κ2) is 9.45. The lowest BCUT2D eigenvalue weighted by Gasteiger charge is -2.25. The Morgan fingerprint density at radius 3 is 2.29 bits per heavy atom. The molecule has 2 aromatic carbocycles. The molecule has 0 aromatic heterocycles. The largest absolute Gasteiger partial charge is 0.339 e. The highest BCUT2D eigenvalue weighted by molar-refractivity contribution is 7.93. The van der Waals surface area contributed by atoms with Crippen LogP contribution in [0.25, 0.3) is 0 Å². The summed E-state index contributed by atoms with van der Waals surface area (Å²) in [4.78, 5) is 14.1. The van der Waals surface area contributed by atoms with Crippen LogP contribution in [-0.2, 0) is 10.0 Å². The van der Waals surface area contributed by atoms with Crippen molar-refractivity contribution in [2.24, 2.45) is 0 Å². The van der Waals surface area contributed by atoms with Gasteiger partial charge < -0.3 is 4.90 Å². The number of hydrogen-bond acceptors (Lipinski definition) is 3. The van der Waals surface area contributed by atoms with Crippen molar-refractivity contribution in [3.63, 3.8) is 0 Å². The third kappa shape index (κ3) is 4.51. The minimum absolute atomic E-state index is 0.00336. The van der Waals surface area contributed by atoms with Gasteiger partial charge in [0.1, 0.15) is 4.90 Å². The predicted octanol–water partition coefficient (Wildman–Crippen LogP) is 4.86. The first-order valence-electron chi connectivity index (χ1n) is 8.74. The summed E-state index contributed by atoms with van der Waals surface area (Å²) < 4.78 is 27.9. The quantitative estimate of drug-likeness (QED) is 0.550.